The Bertz CT molecular complexity index is 939. The topological polar surface area (TPSA) is 85.4 Å². The minimum Gasteiger partial charge on any atom is -0.466 e. The van der Waals surface area contributed by atoms with E-state index in [9.17, 15) is 14.4 Å². The third-order valence-electron chi connectivity index (χ3n) is 13.6. The molecule has 1 aliphatic rings. The summed E-state index contributed by atoms with van der Waals surface area (Å²) in [5.41, 5.74) is 0. The number of rotatable bonds is 45. The summed E-state index contributed by atoms with van der Waals surface area (Å²) in [6, 6.07) is 0. The van der Waals surface area contributed by atoms with Crippen molar-refractivity contribution in [2.45, 2.75) is 252 Å². The lowest BCUT2D eigenvalue weighted by atomic mass is 9.92. The Labute approximate surface area is 384 Å². The monoisotopic (exact) mass is 877 g/mol. The fraction of sp³-hybridized carbons (Fsp3) is 0.944. The maximum atomic E-state index is 13.3. The molecule has 0 saturated carbocycles. The van der Waals surface area contributed by atoms with Crippen molar-refractivity contribution < 1.29 is 28.6 Å². The Kier molecular flexibility index (Phi) is 40.7. The van der Waals surface area contributed by atoms with E-state index in [4.69, 9.17) is 14.2 Å². The normalized spacial score (nSPS) is 13.7. The second kappa shape index (κ2) is 43.2. The SMILES string of the molecule is CCCCCC(CCCCC)CCOC(=O)CCCCCCCCC(CCCCCCCCC(=O)OCCC(CCCCC)CCCCC)C(=O)OCCCN1CCN(C)CC1. The molecule has 0 spiro atoms. The average molecular weight is 877 g/mol. The molecule has 366 valence electrons. The minimum atomic E-state index is -0.0273. The molecule has 0 aliphatic carbocycles. The summed E-state index contributed by atoms with van der Waals surface area (Å²) in [6.45, 7) is 16.1. The van der Waals surface area contributed by atoms with Crippen LogP contribution >= 0.6 is 0 Å². The van der Waals surface area contributed by atoms with Crippen LogP contribution in [0.2, 0.25) is 0 Å². The first-order valence-corrected chi connectivity index (χ1v) is 27.2. The fourth-order valence-electron chi connectivity index (χ4n) is 9.19. The van der Waals surface area contributed by atoms with Gasteiger partial charge in [0.15, 0.2) is 0 Å². The highest BCUT2D eigenvalue weighted by atomic mass is 16.5. The maximum Gasteiger partial charge on any atom is 0.308 e. The van der Waals surface area contributed by atoms with Gasteiger partial charge in [0, 0.05) is 45.6 Å². The van der Waals surface area contributed by atoms with E-state index in [1.165, 1.54) is 103 Å². The number of hydrogen-bond donors (Lipinski definition) is 0. The van der Waals surface area contributed by atoms with Crippen LogP contribution in [0.1, 0.15) is 252 Å². The zero-order valence-corrected chi connectivity index (χ0v) is 42.0. The van der Waals surface area contributed by atoms with E-state index in [2.05, 4.69) is 44.5 Å². The lowest BCUT2D eigenvalue weighted by Gasteiger charge is -2.32. The van der Waals surface area contributed by atoms with Crippen molar-refractivity contribution in [3.05, 3.63) is 0 Å². The standard InChI is InChI=1S/C54H104N2O6/c1-6-10-22-31-49(32-23-11-7-2)39-47-60-52(57)37-28-20-16-14-18-26-35-51(54(59)62-46-30-41-56-44-42-55(5)43-45-56)36-27-19-15-17-21-29-38-53(58)61-48-40-50(33-24-12-8-3)34-25-13-9-4/h49-51H,6-48H2,1-5H3. The fourth-order valence-corrected chi connectivity index (χ4v) is 9.19. The molecular formula is C54H104N2O6. The third-order valence-corrected chi connectivity index (χ3v) is 13.6. The second-order valence-electron chi connectivity index (χ2n) is 19.4. The number of likely N-dealkylation sites (N-methyl/N-ethyl adjacent to an activating group) is 1. The van der Waals surface area contributed by atoms with Crippen molar-refractivity contribution in [2.75, 3.05) is 59.6 Å². The number of piperazine rings is 1. The summed E-state index contributed by atoms with van der Waals surface area (Å²) < 4.78 is 17.2. The first-order valence-electron chi connectivity index (χ1n) is 27.2. The Morgan fingerprint density at radius 3 is 1.18 bits per heavy atom. The summed E-state index contributed by atoms with van der Waals surface area (Å²) in [5, 5.41) is 0. The molecule has 0 amide bonds. The van der Waals surface area contributed by atoms with E-state index in [0.29, 0.717) is 44.5 Å². The molecule has 8 heteroatoms. The number of esters is 3. The number of hydrogen-bond acceptors (Lipinski definition) is 8. The van der Waals surface area contributed by atoms with E-state index in [1.54, 1.807) is 0 Å². The Morgan fingerprint density at radius 1 is 0.403 bits per heavy atom. The maximum absolute atomic E-state index is 13.3. The molecule has 1 aliphatic heterocycles. The van der Waals surface area contributed by atoms with E-state index >= 15 is 0 Å². The molecule has 1 rings (SSSR count). The molecule has 0 N–H and O–H groups in total. The van der Waals surface area contributed by atoms with Gasteiger partial charge in [-0.2, -0.15) is 0 Å². The summed E-state index contributed by atoms with van der Waals surface area (Å²) in [4.78, 5) is 43.0. The van der Waals surface area contributed by atoms with Crippen molar-refractivity contribution in [1.29, 1.82) is 0 Å². The van der Waals surface area contributed by atoms with Gasteiger partial charge in [-0.1, -0.05) is 195 Å². The number of unbranched alkanes of at least 4 members (excludes halogenated alkanes) is 18. The highest BCUT2D eigenvalue weighted by Gasteiger charge is 2.20. The van der Waals surface area contributed by atoms with Crippen LogP contribution in [0, 0.1) is 17.8 Å². The van der Waals surface area contributed by atoms with Crippen molar-refractivity contribution in [2.24, 2.45) is 17.8 Å². The van der Waals surface area contributed by atoms with Crippen LogP contribution in [0.4, 0.5) is 0 Å². The zero-order chi connectivity index (χ0) is 45.1. The second-order valence-corrected chi connectivity index (χ2v) is 19.4. The Morgan fingerprint density at radius 2 is 0.774 bits per heavy atom. The summed E-state index contributed by atoms with van der Waals surface area (Å²) in [7, 11) is 2.18. The summed E-state index contributed by atoms with van der Waals surface area (Å²) in [5.74, 6) is 1.33. The number of carbonyl (C=O) groups excluding carboxylic acids is 3. The largest absolute Gasteiger partial charge is 0.466 e. The van der Waals surface area contributed by atoms with Crippen LogP contribution in [0.25, 0.3) is 0 Å². The van der Waals surface area contributed by atoms with Gasteiger partial charge >= 0.3 is 17.9 Å². The van der Waals surface area contributed by atoms with Gasteiger partial charge in [0.05, 0.1) is 25.7 Å². The molecule has 8 nitrogen and oxygen atoms in total. The van der Waals surface area contributed by atoms with E-state index < -0.39 is 0 Å². The van der Waals surface area contributed by atoms with E-state index in [0.717, 1.165) is 142 Å². The van der Waals surface area contributed by atoms with Gasteiger partial charge in [-0.15, -0.1) is 0 Å². The molecule has 1 heterocycles. The van der Waals surface area contributed by atoms with Crippen LogP contribution in [0.3, 0.4) is 0 Å². The smallest absolute Gasteiger partial charge is 0.308 e. The zero-order valence-electron chi connectivity index (χ0n) is 42.0. The van der Waals surface area contributed by atoms with Gasteiger partial charge in [-0.3, -0.25) is 14.4 Å². The first kappa shape index (κ1) is 58.3. The quantitative estimate of drug-likeness (QED) is 0.0340. The molecule has 0 aromatic rings. The highest BCUT2D eigenvalue weighted by Crippen LogP contribution is 2.24. The predicted molar refractivity (Wildman–Crippen MR) is 262 cm³/mol. The van der Waals surface area contributed by atoms with Gasteiger partial charge in [0.1, 0.15) is 0 Å². The van der Waals surface area contributed by atoms with Gasteiger partial charge in [-0.05, 0) is 63.8 Å². The molecule has 1 saturated heterocycles. The molecule has 0 bridgehead atoms. The summed E-state index contributed by atoms with van der Waals surface area (Å²) >= 11 is 0. The van der Waals surface area contributed by atoms with Crippen LogP contribution < -0.4 is 0 Å². The van der Waals surface area contributed by atoms with Gasteiger partial charge in [0.2, 0.25) is 0 Å². The lowest BCUT2D eigenvalue weighted by molar-refractivity contribution is -0.149. The number of ether oxygens (including phenoxy) is 3. The minimum absolute atomic E-state index is 0.00174. The molecule has 62 heavy (non-hydrogen) atoms. The number of carbonyl (C=O) groups is 3. The Balaban J connectivity index is 2.32. The third kappa shape index (κ3) is 35.7. The predicted octanol–water partition coefficient (Wildman–Crippen LogP) is 14.4. The number of nitrogens with zero attached hydrogens (tertiary/aromatic N) is 2. The van der Waals surface area contributed by atoms with Crippen LogP contribution in [-0.2, 0) is 28.6 Å². The molecule has 1 fully saturated rings. The van der Waals surface area contributed by atoms with Crippen molar-refractivity contribution in [3.8, 4) is 0 Å². The molecule has 0 aromatic heterocycles. The highest BCUT2D eigenvalue weighted by molar-refractivity contribution is 5.72. The molecule has 0 radical (unpaired) electrons. The lowest BCUT2D eigenvalue weighted by Crippen LogP contribution is -2.44. The van der Waals surface area contributed by atoms with Crippen molar-refractivity contribution >= 4 is 17.9 Å². The van der Waals surface area contributed by atoms with Crippen LogP contribution in [-0.4, -0.2) is 87.3 Å². The van der Waals surface area contributed by atoms with Gasteiger partial charge in [-0.25, -0.2) is 0 Å². The van der Waals surface area contributed by atoms with Crippen molar-refractivity contribution in [3.63, 3.8) is 0 Å². The Hall–Kier alpha value is -1.67. The summed E-state index contributed by atoms with van der Waals surface area (Å²) in [6.07, 6.45) is 39.1. The van der Waals surface area contributed by atoms with Crippen LogP contribution in [0.5, 0.6) is 0 Å². The van der Waals surface area contributed by atoms with Crippen molar-refractivity contribution in [1.82, 2.24) is 9.80 Å². The molecule has 0 aromatic carbocycles. The first-order chi connectivity index (χ1) is 30.3. The average Bonchev–Trinajstić information content (AvgIpc) is 3.26. The van der Waals surface area contributed by atoms with E-state index in [-0.39, 0.29) is 23.8 Å². The van der Waals surface area contributed by atoms with Gasteiger partial charge in [0.25, 0.3) is 0 Å². The van der Waals surface area contributed by atoms with E-state index in [1.807, 2.05) is 0 Å². The van der Waals surface area contributed by atoms with Gasteiger partial charge < -0.3 is 24.0 Å². The van der Waals surface area contributed by atoms with Crippen LogP contribution in [0.15, 0.2) is 0 Å². The molecule has 0 atom stereocenters. The molecule has 0 unspecified atom stereocenters. The molecular weight excluding hydrogens is 773 g/mol.